The number of rotatable bonds is 4. The maximum atomic E-state index is 6.28. The number of benzene rings is 1. The lowest BCUT2D eigenvalue weighted by atomic mass is 9.74. The zero-order chi connectivity index (χ0) is 18.4. The van der Waals surface area contributed by atoms with Gasteiger partial charge in [-0.05, 0) is 37.0 Å². The lowest BCUT2D eigenvalue weighted by Crippen LogP contribution is -2.52. The Morgan fingerprint density at radius 1 is 1.41 bits per heavy atom. The van der Waals surface area contributed by atoms with Crippen molar-refractivity contribution >= 4 is 53.3 Å². The molecule has 1 N–H and O–H groups in total. The summed E-state index contributed by atoms with van der Waals surface area (Å²) in [5.41, 5.74) is 1.35. The normalized spacial score (nSPS) is 22.9. The zero-order valence-corrected chi connectivity index (χ0v) is 20.2. The highest BCUT2D eigenvalue weighted by Gasteiger charge is 2.35. The van der Waals surface area contributed by atoms with Gasteiger partial charge < -0.3 is 15.0 Å². The average Bonchev–Trinajstić information content (AvgIpc) is 2.69. The van der Waals surface area contributed by atoms with Gasteiger partial charge in [-0.25, -0.2) is 0 Å². The van der Waals surface area contributed by atoms with Crippen molar-refractivity contribution in [1.82, 2.24) is 10.2 Å². The lowest BCUT2D eigenvalue weighted by molar-refractivity contribution is 0.0512. The molecule has 1 aromatic rings. The molecule has 2 aliphatic heterocycles. The Kier molecular flexibility index (Phi) is 9.52. The first kappa shape index (κ1) is 23.1. The third-order valence-electron chi connectivity index (χ3n) is 5.58. The largest absolute Gasteiger partial charge is 0.381 e. The quantitative estimate of drug-likeness (QED) is 0.360. The van der Waals surface area contributed by atoms with Crippen molar-refractivity contribution in [3.8, 4) is 0 Å². The maximum absolute atomic E-state index is 6.28. The van der Waals surface area contributed by atoms with E-state index in [1.54, 1.807) is 0 Å². The maximum Gasteiger partial charge on any atom is 0.193 e. The fourth-order valence-corrected chi connectivity index (χ4v) is 5.26. The SMILES string of the molecule is CCC1CN(C(=NC)NCC2(c3cccc(Cl)c3)CCOCC2)CCS1.I. The minimum atomic E-state index is 0. The molecule has 0 aliphatic carbocycles. The summed E-state index contributed by atoms with van der Waals surface area (Å²) in [5.74, 6) is 2.20. The van der Waals surface area contributed by atoms with Gasteiger partial charge in [0, 0.05) is 61.3 Å². The number of nitrogens with zero attached hydrogens (tertiary/aromatic N) is 2. The summed E-state index contributed by atoms with van der Waals surface area (Å²) in [6, 6.07) is 8.31. The molecule has 0 saturated carbocycles. The Morgan fingerprint density at radius 2 is 2.19 bits per heavy atom. The summed E-state index contributed by atoms with van der Waals surface area (Å²) in [5, 5.41) is 5.18. The van der Waals surface area contributed by atoms with E-state index in [0.29, 0.717) is 5.25 Å². The monoisotopic (exact) mass is 523 g/mol. The van der Waals surface area contributed by atoms with E-state index in [4.69, 9.17) is 16.3 Å². The number of nitrogens with one attached hydrogen (secondary N) is 1. The Hall–Kier alpha value is -0.180. The molecule has 27 heavy (non-hydrogen) atoms. The van der Waals surface area contributed by atoms with Gasteiger partial charge in [-0.15, -0.1) is 24.0 Å². The van der Waals surface area contributed by atoms with E-state index in [0.717, 1.165) is 56.7 Å². The second kappa shape index (κ2) is 11.1. The van der Waals surface area contributed by atoms with Crippen molar-refractivity contribution in [3.63, 3.8) is 0 Å². The van der Waals surface area contributed by atoms with Crippen LogP contribution >= 0.6 is 47.3 Å². The number of halogens is 2. The summed E-state index contributed by atoms with van der Waals surface area (Å²) < 4.78 is 5.65. The molecule has 2 fully saturated rings. The van der Waals surface area contributed by atoms with Gasteiger partial charge in [0.15, 0.2) is 5.96 Å². The van der Waals surface area contributed by atoms with Crippen molar-refractivity contribution < 1.29 is 4.74 Å². The predicted molar refractivity (Wildman–Crippen MR) is 128 cm³/mol. The van der Waals surface area contributed by atoms with Crippen LogP contribution in [0.1, 0.15) is 31.7 Å². The molecule has 0 bridgehead atoms. The van der Waals surface area contributed by atoms with Crippen LogP contribution in [0.15, 0.2) is 29.3 Å². The number of thioether (sulfide) groups is 1. The predicted octanol–water partition coefficient (Wildman–Crippen LogP) is 4.41. The molecule has 2 heterocycles. The molecule has 0 radical (unpaired) electrons. The molecule has 2 saturated heterocycles. The number of guanidine groups is 1. The van der Waals surface area contributed by atoms with Gasteiger partial charge in [-0.3, -0.25) is 4.99 Å². The molecule has 1 unspecified atom stereocenters. The van der Waals surface area contributed by atoms with Crippen molar-refractivity contribution in [3.05, 3.63) is 34.9 Å². The summed E-state index contributed by atoms with van der Waals surface area (Å²) in [6.07, 6.45) is 3.22. The third-order valence-corrected chi connectivity index (χ3v) is 7.18. The van der Waals surface area contributed by atoms with Crippen LogP contribution in [0.4, 0.5) is 0 Å². The third kappa shape index (κ3) is 5.90. The second-order valence-electron chi connectivity index (χ2n) is 7.15. The molecule has 152 valence electrons. The standard InChI is InChI=1S/C20H30ClN3OS.HI/c1-3-18-14-24(9-12-26-18)19(22-2)23-15-20(7-10-25-11-8-20)16-5-4-6-17(21)13-16;/h4-6,13,18H,3,7-12,14-15H2,1-2H3,(H,22,23);1H. The van der Waals surface area contributed by atoms with E-state index >= 15 is 0 Å². The van der Waals surface area contributed by atoms with Crippen LogP contribution in [0, 0.1) is 0 Å². The van der Waals surface area contributed by atoms with Crippen LogP contribution in [0.3, 0.4) is 0 Å². The lowest BCUT2D eigenvalue weighted by Gasteiger charge is -2.40. The summed E-state index contributed by atoms with van der Waals surface area (Å²) in [4.78, 5) is 6.98. The highest BCUT2D eigenvalue weighted by atomic mass is 127. The van der Waals surface area contributed by atoms with Crippen molar-refractivity contribution in [1.29, 1.82) is 0 Å². The van der Waals surface area contributed by atoms with Crippen LogP contribution in [-0.4, -0.2) is 61.8 Å². The molecule has 2 aliphatic rings. The fourth-order valence-electron chi connectivity index (χ4n) is 3.89. The van der Waals surface area contributed by atoms with Gasteiger partial charge in [0.2, 0.25) is 0 Å². The average molecular weight is 524 g/mol. The molecule has 0 amide bonds. The molecule has 0 aromatic heterocycles. The summed E-state index contributed by atoms with van der Waals surface area (Å²) in [7, 11) is 1.89. The summed E-state index contributed by atoms with van der Waals surface area (Å²) >= 11 is 8.37. The number of aliphatic imine (C=N–C) groups is 1. The molecule has 1 aromatic carbocycles. The van der Waals surface area contributed by atoms with Gasteiger partial charge in [0.05, 0.1) is 0 Å². The van der Waals surface area contributed by atoms with E-state index in [1.807, 2.05) is 13.1 Å². The van der Waals surface area contributed by atoms with Crippen LogP contribution < -0.4 is 5.32 Å². The zero-order valence-electron chi connectivity index (χ0n) is 16.2. The number of hydrogen-bond donors (Lipinski definition) is 1. The molecule has 7 heteroatoms. The first-order chi connectivity index (χ1) is 12.7. The van der Waals surface area contributed by atoms with Crippen LogP contribution in [-0.2, 0) is 10.2 Å². The van der Waals surface area contributed by atoms with Crippen molar-refractivity contribution in [2.45, 2.75) is 36.9 Å². The van der Waals surface area contributed by atoms with Gasteiger partial charge >= 0.3 is 0 Å². The van der Waals surface area contributed by atoms with Gasteiger partial charge in [-0.1, -0.05) is 30.7 Å². The number of hydrogen-bond acceptors (Lipinski definition) is 3. The minimum Gasteiger partial charge on any atom is -0.381 e. The summed E-state index contributed by atoms with van der Waals surface area (Å²) in [6.45, 7) is 6.87. The molecule has 0 spiro atoms. The number of ether oxygens (including phenoxy) is 1. The fraction of sp³-hybridized carbons (Fsp3) is 0.650. The highest BCUT2D eigenvalue weighted by molar-refractivity contribution is 14.0. The van der Waals surface area contributed by atoms with Crippen LogP contribution in [0.2, 0.25) is 5.02 Å². The Bertz CT molecular complexity index is 625. The first-order valence-electron chi connectivity index (χ1n) is 9.58. The van der Waals surface area contributed by atoms with E-state index in [9.17, 15) is 0 Å². The highest BCUT2D eigenvalue weighted by Crippen LogP contribution is 2.35. The van der Waals surface area contributed by atoms with E-state index in [2.05, 4.69) is 52.1 Å². The molecular weight excluding hydrogens is 493 g/mol. The van der Waals surface area contributed by atoms with E-state index < -0.39 is 0 Å². The second-order valence-corrected chi connectivity index (χ2v) is 9.00. The van der Waals surface area contributed by atoms with Gasteiger partial charge in [0.25, 0.3) is 0 Å². The topological polar surface area (TPSA) is 36.9 Å². The molecule has 4 nitrogen and oxygen atoms in total. The minimum absolute atomic E-state index is 0. The van der Waals surface area contributed by atoms with Gasteiger partial charge in [-0.2, -0.15) is 11.8 Å². The Morgan fingerprint density at radius 3 is 2.85 bits per heavy atom. The van der Waals surface area contributed by atoms with Gasteiger partial charge in [0.1, 0.15) is 0 Å². The Balaban J connectivity index is 0.00000261. The van der Waals surface area contributed by atoms with E-state index in [-0.39, 0.29) is 29.4 Å². The Labute approximate surface area is 189 Å². The van der Waals surface area contributed by atoms with Crippen molar-refractivity contribution in [2.24, 2.45) is 4.99 Å². The molecule has 3 rings (SSSR count). The van der Waals surface area contributed by atoms with Crippen LogP contribution in [0.5, 0.6) is 0 Å². The van der Waals surface area contributed by atoms with Crippen LogP contribution in [0.25, 0.3) is 0 Å². The first-order valence-corrected chi connectivity index (χ1v) is 11.0. The van der Waals surface area contributed by atoms with Crippen molar-refractivity contribution in [2.75, 3.05) is 45.6 Å². The molecule has 1 atom stereocenters. The molecular formula is C20H31ClIN3OS. The smallest absolute Gasteiger partial charge is 0.193 e. The van der Waals surface area contributed by atoms with E-state index in [1.165, 1.54) is 17.7 Å².